The Balaban J connectivity index is 2.30. The first-order valence-corrected chi connectivity index (χ1v) is 2.10. The molecule has 0 aliphatic rings. The van der Waals surface area contributed by atoms with E-state index < -0.39 is 0 Å². The van der Waals surface area contributed by atoms with Crippen LogP contribution < -0.4 is 0 Å². The summed E-state index contributed by atoms with van der Waals surface area (Å²) in [4.78, 5) is 0. The summed E-state index contributed by atoms with van der Waals surface area (Å²) < 4.78 is 0. The molecular formula is HBClNP. The van der Waals surface area contributed by atoms with Gasteiger partial charge in [-0.3, -0.25) is 5.16 Å². The predicted octanol–water partition coefficient (Wildman–Crippen LogP) is 1.47. The minimum Gasteiger partial charge on any atom is -0.294 e. The molecule has 0 spiro atoms. The second-order valence-corrected chi connectivity index (χ2v) is 1.27. The molecule has 0 fully saturated rings. The summed E-state index contributed by atoms with van der Waals surface area (Å²) in [6, 6.07) is 0. The monoisotopic (exact) mass is 92.0 g/mol. The van der Waals surface area contributed by atoms with Gasteiger partial charge in [-0.25, -0.2) is 0 Å². The largest absolute Gasteiger partial charge is 0.329 e. The quantitative estimate of drug-likeness (QED) is 0.374. The lowest BCUT2D eigenvalue weighted by atomic mass is 10.7. The van der Waals surface area contributed by atoms with E-state index in [1.54, 1.807) is 0 Å². The molecule has 0 saturated heterocycles. The molecule has 0 heterocycles. The molecule has 0 saturated carbocycles. The molecule has 0 unspecified atom stereocenters. The molecule has 1 N–H and O–H groups in total. The van der Waals surface area contributed by atoms with Gasteiger partial charge < -0.3 is 0 Å². The highest BCUT2D eigenvalue weighted by atomic mass is 35.5. The molecule has 0 aromatic rings. The van der Waals surface area contributed by atoms with Crippen LogP contribution in [0.5, 0.6) is 0 Å². The Hall–Kier alpha value is 0.455. The van der Waals surface area contributed by atoms with Crippen LogP contribution in [-0.2, 0) is 0 Å². The minimum absolute atomic E-state index is 0.389. The zero-order chi connectivity index (χ0) is 3.41. The smallest absolute Gasteiger partial charge is 0.294 e. The highest BCUT2D eigenvalue weighted by Crippen LogP contribution is 1.86. The van der Waals surface area contributed by atoms with Gasteiger partial charge in [-0.05, 0) is 8.25 Å². The molecule has 1 radical (unpaired) electrons. The van der Waals surface area contributed by atoms with E-state index in [0.29, 0.717) is 8.25 Å². The Morgan fingerprint density at radius 2 is 2.25 bits per heavy atom. The van der Waals surface area contributed by atoms with Crippen LogP contribution in [0.25, 0.3) is 0 Å². The van der Waals surface area contributed by atoms with E-state index in [0.717, 1.165) is 0 Å². The molecule has 0 aromatic heterocycles. The summed E-state index contributed by atoms with van der Waals surface area (Å²) in [7, 11) is 0.389. The Kier molecular flexibility index (Phi) is 3.85. The molecule has 1 nitrogen and oxygen atoms in total. The maximum atomic E-state index is 6.24. The molecule has 21 valence electrons. The van der Waals surface area contributed by atoms with Crippen LogP contribution in [-0.4, -0.2) is 6.41 Å². The van der Waals surface area contributed by atoms with E-state index in [1.165, 1.54) is 6.41 Å². The first-order valence-electron chi connectivity index (χ1n) is 0.700. The lowest BCUT2D eigenvalue weighted by Gasteiger charge is -1.46. The fourth-order valence-electron chi connectivity index (χ4n) is 0. The van der Waals surface area contributed by atoms with Gasteiger partial charge in [0.15, 0.2) is 0 Å². The average Bonchev–Trinajstić information content (AvgIpc) is 1.37. The van der Waals surface area contributed by atoms with E-state index in [9.17, 15) is 0 Å². The van der Waals surface area contributed by atoms with Crippen molar-refractivity contribution in [3.05, 3.63) is 0 Å². The van der Waals surface area contributed by atoms with Crippen LogP contribution in [0.2, 0.25) is 0 Å². The standard InChI is InChI=1S/BClHNP/c2-1-4-3/h3H. The third-order valence-electron chi connectivity index (χ3n) is 0.0488. The van der Waals surface area contributed by atoms with Crippen LogP contribution in [0.1, 0.15) is 0 Å². The number of halogens is 1. The van der Waals surface area contributed by atoms with Crippen LogP contribution in [0.4, 0.5) is 0 Å². The summed E-state index contributed by atoms with van der Waals surface area (Å²) in [5.74, 6) is 0. The summed E-state index contributed by atoms with van der Waals surface area (Å²) in [6.07, 6.45) is 1.24. The maximum Gasteiger partial charge on any atom is 0.329 e. The third-order valence-corrected chi connectivity index (χ3v) is 0.439. The van der Waals surface area contributed by atoms with Crippen LogP contribution in [0.3, 0.4) is 0 Å². The van der Waals surface area contributed by atoms with Crippen LogP contribution in [0.15, 0.2) is 0 Å². The van der Waals surface area contributed by atoms with Gasteiger partial charge in [0.1, 0.15) is 0 Å². The molecule has 4 heavy (non-hydrogen) atoms. The lowest BCUT2D eigenvalue weighted by molar-refractivity contribution is 1.66. The van der Waals surface area contributed by atoms with Crippen molar-refractivity contribution >= 4 is 26.1 Å². The zero-order valence-electron chi connectivity index (χ0n) is 1.90. The van der Waals surface area contributed by atoms with E-state index in [4.69, 9.17) is 16.6 Å². The lowest BCUT2D eigenvalue weighted by Crippen LogP contribution is -1.39. The van der Waals surface area contributed by atoms with Crippen molar-refractivity contribution in [2.45, 2.75) is 0 Å². The number of hydrogen-bond acceptors (Lipinski definition) is 1. The van der Waals surface area contributed by atoms with Crippen molar-refractivity contribution in [1.82, 2.24) is 0 Å². The Morgan fingerprint density at radius 3 is 2.25 bits per heavy atom. The Bertz CT molecular complexity index is 22.0. The van der Waals surface area contributed by atoms with Gasteiger partial charge in [-0.2, -0.15) is 11.5 Å². The SMILES string of the molecule is N=P[B]Cl. The first-order chi connectivity index (χ1) is 1.91. The van der Waals surface area contributed by atoms with Gasteiger partial charge in [0.2, 0.25) is 0 Å². The number of rotatable bonds is 1. The van der Waals surface area contributed by atoms with Crippen molar-refractivity contribution in [2.24, 2.45) is 0 Å². The zero-order valence-corrected chi connectivity index (χ0v) is 3.55. The van der Waals surface area contributed by atoms with E-state index >= 15 is 0 Å². The van der Waals surface area contributed by atoms with Crippen molar-refractivity contribution in [3.8, 4) is 0 Å². The molecule has 4 heteroatoms. The van der Waals surface area contributed by atoms with Crippen LogP contribution in [0, 0.1) is 5.16 Å². The van der Waals surface area contributed by atoms with Crippen molar-refractivity contribution in [2.75, 3.05) is 0 Å². The fourth-order valence-corrected chi connectivity index (χ4v) is 0. The van der Waals surface area contributed by atoms with Crippen molar-refractivity contribution in [1.29, 1.82) is 5.16 Å². The van der Waals surface area contributed by atoms with E-state index in [-0.39, 0.29) is 0 Å². The van der Waals surface area contributed by atoms with Gasteiger partial charge >= 0.3 is 6.41 Å². The summed E-state index contributed by atoms with van der Waals surface area (Å²) >= 11 is 4.86. The third kappa shape index (κ3) is 2.45. The Morgan fingerprint density at radius 1 is 2.00 bits per heavy atom. The van der Waals surface area contributed by atoms with Crippen LogP contribution >= 0.6 is 19.7 Å². The number of nitrogens with one attached hydrogen (secondary N) is 1. The molecule has 0 amide bonds. The summed E-state index contributed by atoms with van der Waals surface area (Å²) in [6.45, 7) is 0. The number of hydrogen-bond donors (Lipinski definition) is 1. The van der Waals surface area contributed by atoms with Gasteiger partial charge in [-0.15, -0.1) is 0 Å². The normalized spacial score (nSPS) is 7.25. The molecule has 0 rings (SSSR count). The minimum atomic E-state index is 0.389. The van der Waals surface area contributed by atoms with Gasteiger partial charge in [0, 0.05) is 0 Å². The summed E-state index contributed by atoms with van der Waals surface area (Å²) in [5, 5.41) is 6.24. The molecule has 0 aliphatic carbocycles. The second kappa shape index (κ2) is 3.45. The average molecular weight is 92.3 g/mol. The predicted molar refractivity (Wildman–Crippen MR) is 21.2 cm³/mol. The highest BCUT2D eigenvalue weighted by Gasteiger charge is 1.61. The van der Waals surface area contributed by atoms with Gasteiger partial charge in [0.05, 0.1) is 0 Å². The van der Waals surface area contributed by atoms with Gasteiger partial charge in [0.25, 0.3) is 0 Å². The molecule has 0 atom stereocenters. The van der Waals surface area contributed by atoms with E-state index in [2.05, 4.69) is 0 Å². The molecule has 0 aliphatic heterocycles. The van der Waals surface area contributed by atoms with Gasteiger partial charge in [-0.1, -0.05) is 0 Å². The topological polar surface area (TPSA) is 23.9 Å². The second-order valence-electron chi connectivity index (χ2n) is 0.227. The van der Waals surface area contributed by atoms with Crippen molar-refractivity contribution < 1.29 is 0 Å². The fraction of sp³-hybridized carbons (Fsp3) is 0. The molecular weight excluding hydrogens is 91.2 g/mol. The maximum absolute atomic E-state index is 6.24. The Labute approximate surface area is 32.1 Å². The molecule has 0 aromatic carbocycles. The first kappa shape index (κ1) is 4.45. The highest BCUT2D eigenvalue weighted by molar-refractivity contribution is 7.71. The summed E-state index contributed by atoms with van der Waals surface area (Å²) in [5.41, 5.74) is 0. The van der Waals surface area contributed by atoms with Crippen molar-refractivity contribution in [3.63, 3.8) is 0 Å². The van der Waals surface area contributed by atoms with E-state index in [1.807, 2.05) is 0 Å². The molecule has 0 bridgehead atoms.